The Kier molecular flexibility index (Phi) is 5.46. The van der Waals surface area contributed by atoms with Crippen LogP contribution in [0.2, 0.25) is 0 Å². The SMILES string of the molecule is COc1cc(C(Br)c2ccc(CC(C)C)cc2)ccc1C. The molecule has 0 fully saturated rings. The second-order valence-corrected chi connectivity index (χ2v) is 6.85. The molecule has 2 aromatic carbocycles. The van der Waals surface area contributed by atoms with Crippen LogP contribution in [0, 0.1) is 12.8 Å². The first-order chi connectivity index (χ1) is 10.0. The molecule has 2 aromatic rings. The number of ether oxygens (including phenoxy) is 1. The van der Waals surface area contributed by atoms with Crippen molar-refractivity contribution in [3.63, 3.8) is 0 Å². The zero-order valence-electron chi connectivity index (χ0n) is 13.2. The van der Waals surface area contributed by atoms with E-state index in [0.717, 1.165) is 17.7 Å². The van der Waals surface area contributed by atoms with Gasteiger partial charge in [0.05, 0.1) is 11.9 Å². The molecule has 112 valence electrons. The van der Waals surface area contributed by atoms with Gasteiger partial charge in [-0.1, -0.05) is 66.2 Å². The molecule has 0 saturated heterocycles. The van der Waals surface area contributed by atoms with E-state index in [0.29, 0.717) is 5.92 Å². The summed E-state index contributed by atoms with van der Waals surface area (Å²) in [4.78, 5) is 0.195. The van der Waals surface area contributed by atoms with Gasteiger partial charge in [0.2, 0.25) is 0 Å². The quantitative estimate of drug-likeness (QED) is 0.632. The lowest BCUT2D eigenvalue weighted by Gasteiger charge is -2.14. The highest BCUT2D eigenvalue weighted by Gasteiger charge is 2.12. The lowest BCUT2D eigenvalue weighted by Crippen LogP contribution is -1.97. The first kappa shape index (κ1) is 16.1. The van der Waals surface area contributed by atoms with Crippen LogP contribution < -0.4 is 4.74 Å². The van der Waals surface area contributed by atoms with Crippen molar-refractivity contribution in [2.75, 3.05) is 7.11 Å². The second-order valence-electron chi connectivity index (χ2n) is 5.93. The van der Waals surface area contributed by atoms with Gasteiger partial charge in [-0.3, -0.25) is 0 Å². The normalized spacial score (nSPS) is 12.5. The third-order valence-corrected chi connectivity index (χ3v) is 4.70. The van der Waals surface area contributed by atoms with Crippen molar-refractivity contribution in [3.8, 4) is 5.75 Å². The summed E-state index contributed by atoms with van der Waals surface area (Å²) in [6, 6.07) is 15.3. The highest BCUT2D eigenvalue weighted by molar-refractivity contribution is 9.09. The minimum Gasteiger partial charge on any atom is -0.496 e. The number of benzene rings is 2. The van der Waals surface area contributed by atoms with Crippen LogP contribution in [0.1, 0.15) is 40.9 Å². The smallest absolute Gasteiger partial charge is 0.122 e. The summed E-state index contributed by atoms with van der Waals surface area (Å²) in [5, 5.41) is 0. The van der Waals surface area contributed by atoms with E-state index in [-0.39, 0.29) is 4.83 Å². The van der Waals surface area contributed by atoms with Crippen molar-refractivity contribution < 1.29 is 4.74 Å². The van der Waals surface area contributed by atoms with Gasteiger partial charge in [0.25, 0.3) is 0 Å². The zero-order valence-corrected chi connectivity index (χ0v) is 14.8. The zero-order chi connectivity index (χ0) is 15.4. The summed E-state index contributed by atoms with van der Waals surface area (Å²) in [6.07, 6.45) is 1.13. The van der Waals surface area contributed by atoms with Crippen LogP contribution in [0.5, 0.6) is 5.75 Å². The maximum absolute atomic E-state index is 5.41. The minimum atomic E-state index is 0.195. The highest BCUT2D eigenvalue weighted by atomic mass is 79.9. The van der Waals surface area contributed by atoms with Crippen LogP contribution in [0.25, 0.3) is 0 Å². The average molecular weight is 347 g/mol. The Hall–Kier alpha value is -1.28. The molecule has 0 aliphatic rings. The predicted octanol–water partition coefficient (Wildman–Crippen LogP) is 5.69. The van der Waals surface area contributed by atoms with Gasteiger partial charge in [-0.2, -0.15) is 0 Å². The Morgan fingerprint density at radius 3 is 2.19 bits per heavy atom. The van der Waals surface area contributed by atoms with E-state index >= 15 is 0 Å². The molecule has 0 spiro atoms. The first-order valence-corrected chi connectivity index (χ1v) is 8.30. The monoisotopic (exact) mass is 346 g/mol. The average Bonchev–Trinajstić information content (AvgIpc) is 2.47. The van der Waals surface area contributed by atoms with Crippen molar-refractivity contribution in [2.24, 2.45) is 5.92 Å². The lowest BCUT2D eigenvalue weighted by atomic mass is 9.98. The van der Waals surface area contributed by atoms with Gasteiger partial charge in [-0.25, -0.2) is 0 Å². The molecule has 0 heterocycles. The van der Waals surface area contributed by atoms with Crippen LogP contribution in [-0.4, -0.2) is 7.11 Å². The van der Waals surface area contributed by atoms with Crippen LogP contribution in [0.15, 0.2) is 42.5 Å². The molecule has 0 N–H and O–H groups in total. The largest absolute Gasteiger partial charge is 0.496 e. The van der Waals surface area contributed by atoms with E-state index in [2.05, 4.69) is 79.2 Å². The van der Waals surface area contributed by atoms with Crippen molar-refractivity contribution in [2.45, 2.75) is 32.0 Å². The molecule has 1 atom stereocenters. The number of rotatable bonds is 5. The second kappa shape index (κ2) is 7.13. The third kappa shape index (κ3) is 4.10. The fourth-order valence-electron chi connectivity index (χ4n) is 2.48. The highest BCUT2D eigenvalue weighted by Crippen LogP contribution is 2.33. The molecular weight excluding hydrogens is 324 g/mol. The van der Waals surface area contributed by atoms with Crippen molar-refractivity contribution in [1.82, 2.24) is 0 Å². The molecule has 0 bridgehead atoms. The van der Waals surface area contributed by atoms with Crippen LogP contribution in [0.3, 0.4) is 0 Å². The summed E-state index contributed by atoms with van der Waals surface area (Å²) in [5.41, 5.74) is 5.05. The van der Waals surface area contributed by atoms with Crippen LogP contribution in [0.4, 0.5) is 0 Å². The number of hydrogen-bond acceptors (Lipinski definition) is 1. The Labute approximate surface area is 136 Å². The molecule has 0 amide bonds. The van der Waals surface area contributed by atoms with Crippen LogP contribution >= 0.6 is 15.9 Å². The van der Waals surface area contributed by atoms with Gasteiger partial charge in [0, 0.05) is 0 Å². The number of hydrogen-bond donors (Lipinski definition) is 0. The van der Waals surface area contributed by atoms with Gasteiger partial charge >= 0.3 is 0 Å². The van der Waals surface area contributed by atoms with E-state index in [1.807, 2.05) is 0 Å². The van der Waals surface area contributed by atoms with Crippen molar-refractivity contribution >= 4 is 15.9 Å². The van der Waals surface area contributed by atoms with Crippen molar-refractivity contribution in [3.05, 3.63) is 64.7 Å². The van der Waals surface area contributed by atoms with E-state index in [1.165, 1.54) is 16.7 Å². The summed E-state index contributed by atoms with van der Waals surface area (Å²) >= 11 is 3.80. The van der Waals surface area contributed by atoms with E-state index in [9.17, 15) is 0 Å². The molecule has 1 unspecified atom stereocenters. The maximum atomic E-state index is 5.41. The maximum Gasteiger partial charge on any atom is 0.122 e. The Morgan fingerprint density at radius 1 is 1.00 bits per heavy atom. The van der Waals surface area contributed by atoms with Gasteiger partial charge in [-0.05, 0) is 47.6 Å². The Morgan fingerprint density at radius 2 is 1.62 bits per heavy atom. The van der Waals surface area contributed by atoms with Gasteiger partial charge < -0.3 is 4.74 Å². The Bertz CT molecular complexity index is 587. The van der Waals surface area contributed by atoms with Gasteiger partial charge in [-0.15, -0.1) is 0 Å². The summed E-state index contributed by atoms with van der Waals surface area (Å²) in [5.74, 6) is 1.63. The summed E-state index contributed by atoms with van der Waals surface area (Å²) < 4.78 is 5.41. The standard InChI is InChI=1S/C19H23BrO/c1-13(2)11-15-6-9-16(10-7-15)19(20)17-8-5-14(3)18(12-17)21-4/h5-10,12-13,19H,11H2,1-4H3. The Balaban J connectivity index is 2.21. The molecule has 2 heteroatoms. The molecule has 0 aliphatic heterocycles. The topological polar surface area (TPSA) is 9.23 Å². The number of halogens is 1. The molecular formula is C19H23BrO. The van der Waals surface area contributed by atoms with Crippen LogP contribution in [-0.2, 0) is 6.42 Å². The van der Waals surface area contributed by atoms with E-state index < -0.39 is 0 Å². The molecule has 21 heavy (non-hydrogen) atoms. The summed E-state index contributed by atoms with van der Waals surface area (Å²) in [6.45, 7) is 6.56. The number of methoxy groups -OCH3 is 1. The van der Waals surface area contributed by atoms with Gasteiger partial charge in [0.1, 0.15) is 5.75 Å². The third-order valence-electron chi connectivity index (χ3n) is 3.64. The molecule has 0 radical (unpaired) electrons. The fourth-order valence-corrected chi connectivity index (χ4v) is 3.07. The van der Waals surface area contributed by atoms with Crippen molar-refractivity contribution in [1.29, 1.82) is 0 Å². The number of alkyl halides is 1. The predicted molar refractivity (Wildman–Crippen MR) is 93.5 cm³/mol. The molecule has 2 rings (SSSR count). The van der Waals surface area contributed by atoms with E-state index in [4.69, 9.17) is 4.74 Å². The minimum absolute atomic E-state index is 0.195. The van der Waals surface area contributed by atoms with Gasteiger partial charge in [0.15, 0.2) is 0 Å². The van der Waals surface area contributed by atoms with E-state index in [1.54, 1.807) is 7.11 Å². The molecule has 0 aromatic heterocycles. The number of aryl methyl sites for hydroxylation is 1. The fraction of sp³-hybridized carbons (Fsp3) is 0.368. The molecule has 1 nitrogen and oxygen atoms in total. The molecule has 0 saturated carbocycles. The lowest BCUT2D eigenvalue weighted by molar-refractivity contribution is 0.411. The molecule has 0 aliphatic carbocycles. The first-order valence-electron chi connectivity index (χ1n) is 7.38. The summed E-state index contributed by atoms with van der Waals surface area (Å²) in [7, 11) is 1.72.